The minimum atomic E-state index is -4.27. The van der Waals surface area contributed by atoms with Crippen LogP contribution in [0.25, 0.3) is 0 Å². The van der Waals surface area contributed by atoms with Gasteiger partial charge < -0.3 is 0 Å². The standard InChI is InChI=1S/C17H20F4/c18-12-2-1-3-13-4-6-14(7-5-13)15-8-10-16(11-9-15)17(19,20)21/h1,3,8-11,13-14H,2,4-7,12H2/b3-1+/t13-,14-. The van der Waals surface area contributed by atoms with Crippen molar-refractivity contribution in [2.24, 2.45) is 5.92 Å². The molecule has 1 saturated carbocycles. The first-order chi connectivity index (χ1) is 10.0. The Morgan fingerprint density at radius 2 is 1.62 bits per heavy atom. The maximum atomic E-state index is 12.5. The minimum Gasteiger partial charge on any atom is -0.251 e. The van der Waals surface area contributed by atoms with E-state index < -0.39 is 11.7 Å². The molecule has 1 aliphatic rings. The van der Waals surface area contributed by atoms with Gasteiger partial charge in [-0.25, -0.2) is 0 Å². The monoisotopic (exact) mass is 300 g/mol. The lowest BCUT2D eigenvalue weighted by atomic mass is 9.78. The summed E-state index contributed by atoms with van der Waals surface area (Å²) in [6, 6.07) is 5.55. The third kappa shape index (κ3) is 4.58. The third-order valence-electron chi connectivity index (χ3n) is 4.17. The summed E-state index contributed by atoms with van der Waals surface area (Å²) in [7, 11) is 0. The molecule has 4 heteroatoms. The number of alkyl halides is 4. The second kappa shape index (κ2) is 7.10. The first kappa shape index (κ1) is 16.1. The van der Waals surface area contributed by atoms with E-state index in [1.54, 1.807) is 12.1 Å². The molecule has 0 N–H and O–H groups in total. The van der Waals surface area contributed by atoms with E-state index in [4.69, 9.17) is 0 Å². The van der Waals surface area contributed by atoms with E-state index in [1.165, 1.54) is 12.1 Å². The molecule has 0 spiro atoms. The van der Waals surface area contributed by atoms with Gasteiger partial charge in [-0.1, -0.05) is 24.3 Å². The van der Waals surface area contributed by atoms with Crippen LogP contribution in [-0.2, 0) is 6.18 Å². The highest BCUT2D eigenvalue weighted by Crippen LogP contribution is 2.37. The zero-order valence-corrected chi connectivity index (χ0v) is 11.9. The molecule has 1 aliphatic carbocycles. The molecule has 0 amide bonds. The van der Waals surface area contributed by atoms with Crippen LogP contribution in [0.15, 0.2) is 36.4 Å². The highest BCUT2D eigenvalue weighted by molar-refractivity contribution is 5.27. The maximum absolute atomic E-state index is 12.5. The smallest absolute Gasteiger partial charge is 0.251 e. The van der Waals surface area contributed by atoms with E-state index in [-0.39, 0.29) is 6.67 Å². The SMILES string of the molecule is FCC/C=C/[C@H]1CC[C@H](c2ccc(C(F)(F)F)cc2)CC1. The Hall–Kier alpha value is -1.32. The second-order valence-electron chi connectivity index (χ2n) is 5.64. The summed E-state index contributed by atoms with van der Waals surface area (Å²) in [5, 5.41) is 0. The van der Waals surface area contributed by atoms with Gasteiger partial charge in [-0.3, -0.25) is 4.39 Å². The summed E-state index contributed by atoms with van der Waals surface area (Å²) in [5.41, 5.74) is 0.406. The van der Waals surface area contributed by atoms with Crippen LogP contribution in [0.5, 0.6) is 0 Å². The van der Waals surface area contributed by atoms with Crippen LogP contribution >= 0.6 is 0 Å². The quantitative estimate of drug-likeness (QED) is 0.480. The second-order valence-corrected chi connectivity index (χ2v) is 5.64. The van der Waals surface area contributed by atoms with Gasteiger partial charge in [0.2, 0.25) is 0 Å². The van der Waals surface area contributed by atoms with Crippen molar-refractivity contribution >= 4 is 0 Å². The predicted molar refractivity (Wildman–Crippen MR) is 75.9 cm³/mol. The summed E-state index contributed by atoms with van der Waals surface area (Å²) in [5.74, 6) is 0.834. The van der Waals surface area contributed by atoms with Crippen LogP contribution in [-0.4, -0.2) is 6.67 Å². The number of benzene rings is 1. The van der Waals surface area contributed by atoms with Crippen molar-refractivity contribution in [2.75, 3.05) is 6.67 Å². The highest BCUT2D eigenvalue weighted by Gasteiger charge is 2.30. The fourth-order valence-electron chi connectivity index (χ4n) is 2.94. The van der Waals surface area contributed by atoms with E-state index >= 15 is 0 Å². The van der Waals surface area contributed by atoms with Crippen molar-refractivity contribution in [3.8, 4) is 0 Å². The lowest BCUT2D eigenvalue weighted by molar-refractivity contribution is -0.137. The first-order valence-electron chi connectivity index (χ1n) is 7.40. The van der Waals surface area contributed by atoms with E-state index in [0.29, 0.717) is 18.3 Å². The van der Waals surface area contributed by atoms with Crippen molar-refractivity contribution in [1.82, 2.24) is 0 Å². The molecule has 21 heavy (non-hydrogen) atoms. The molecule has 0 bridgehead atoms. The molecule has 2 rings (SSSR count). The lowest BCUT2D eigenvalue weighted by Crippen LogP contribution is -2.12. The number of rotatable bonds is 4. The van der Waals surface area contributed by atoms with Gasteiger partial charge in [-0.05, 0) is 61.6 Å². The zero-order valence-electron chi connectivity index (χ0n) is 11.9. The molecular formula is C17H20F4. The molecule has 0 saturated heterocycles. The molecule has 0 aromatic heterocycles. The van der Waals surface area contributed by atoms with Gasteiger partial charge in [0.25, 0.3) is 0 Å². The van der Waals surface area contributed by atoms with Gasteiger partial charge in [-0.2, -0.15) is 13.2 Å². The Bertz CT molecular complexity index is 451. The Morgan fingerprint density at radius 1 is 1.00 bits per heavy atom. The van der Waals surface area contributed by atoms with Crippen molar-refractivity contribution in [2.45, 2.75) is 44.2 Å². The van der Waals surface area contributed by atoms with Crippen molar-refractivity contribution in [3.05, 3.63) is 47.5 Å². The number of allylic oxidation sites excluding steroid dienone is 2. The Morgan fingerprint density at radius 3 is 2.14 bits per heavy atom. The fraction of sp³-hybridized carbons (Fsp3) is 0.529. The van der Waals surface area contributed by atoms with Gasteiger partial charge in [0.05, 0.1) is 12.2 Å². The molecular weight excluding hydrogens is 280 g/mol. The largest absolute Gasteiger partial charge is 0.416 e. The van der Waals surface area contributed by atoms with Crippen molar-refractivity contribution < 1.29 is 17.6 Å². The summed E-state index contributed by atoms with van der Waals surface area (Å²) in [6.45, 7) is -0.322. The van der Waals surface area contributed by atoms with Crippen LogP contribution in [0.4, 0.5) is 17.6 Å². The number of hydrogen-bond acceptors (Lipinski definition) is 0. The minimum absolute atomic E-state index is 0.322. The van der Waals surface area contributed by atoms with Gasteiger partial charge in [0, 0.05) is 0 Å². The lowest BCUT2D eigenvalue weighted by Gasteiger charge is -2.27. The summed E-state index contributed by atoms with van der Waals surface area (Å²) in [6.07, 6.45) is 4.19. The van der Waals surface area contributed by atoms with Gasteiger partial charge in [0.1, 0.15) is 0 Å². The van der Waals surface area contributed by atoms with Crippen LogP contribution in [0.1, 0.15) is 49.1 Å². The van der Waals surface area contributed by atoms with E-state index in [2.05, 4.69) is 6.08 Å². The Kier molecular flexibility index (Phi) is 5.43. The van der Waals surface area contributed by atoms with Gasteiger partial charge >= 0.3 is 6.18 Å². The topological polar surface area (TPSA) is 0 Å². The zero-order chi connectivity index (χ0) is 15.3. The van der Waals surface area contributed by atoms with Crippen LogP contribution in [0.2, 0.25) is 0 Å². The van der Waals surface area contributed by atoms with Gasteiger partial charge in [-0.15, -0.1) is 0 Å². The molecule has 0 radical (unpaired) electrons. The third-order valence-corrected chi connectivity index (χ3v) is 4.17. The van der Waals surface area contributed by atoms with Crippen LogP contribution in [0.3, 0.4) is 0 Å². The average Bonchev–Trinajstić information content (AvgIpc) is 2.48. The maximum Gasteiger partial charge on any atom is 0.416 e. The van der Waals surface area contributed by atoms with Crippen molar-refractivity contribution in [1.29, 1.82) is 0 Å². The predicted octanol–water partition coefficient (Wildman–Crippen LogP) is 5.90. The van der Waals surface area contributed by atoms with Gasteiger partial charge in [0.15, 0.2) is 0 Å². The average molecular weight is 300 g/mol. The van der Waals surface area contributed by atoms with Crippen LogP contribution < -0.4 is 0 Å². The molecule has 0 heterocycles. The molecule has 1 aromatic carbocycles. The first-order valence-corrected chi connectivity index (χ1v) is 7.40. The Labute approximate surface area is 122 Å². The Balaban J connectivity index is 1.90. The summed E-state index contributed by atoms with van der Waals surface area (Å²) >= 11 is 0. The fourth-order valence-corrected chi connectivity index (χ4v) is 2.94. The van der Waals surface area contributed by atoms with E-state index in [9.17, 15) is 17.6 Å². The molecule has 116 valence electrons. The van der Waals surface area contributed by atoms with Crippen LogP contribution in [0, 0.1) is 5.92 Å². The van der Waals surface area contributed by atoms with E-state index in [0.717, 1.165) is 31.2 Å². The number of hydrogen-bond donors (Lipinski definition) is 0. The molecule has 0 nitrogen and oxygen atoms in total. The molecule has 1 fully saturated rings. The molecule has 1 aromatic rings. The van der Waals surface area contributed by atoms with Crippen molar-refractivity contribution in [3.63, 3.8) is 0 Å². The highest BCUT2D eigenvalue weighted by atomic mass is 19.4. The molecule has 0 aliphatic heterocycles. The molecule has 0 unspecified atom stereocenters. The number of halogens is 4. The summed E-state index contributed by atoms with van der Waals surface area (Å²) < 4.78 is 49.6. The van der Waals surface area contributed by atoms with E-state index in [1.807, 2.05) is 6.08 Å². The molecule has 0 atom stereocenters. The normalized spacial score (nSPS) is 23.6. The summed E-state index contributed by atoms with van der Waals surface area (Å²) in [4.78, 5) is 0.